The van der Waals surface area contributed by atoms with Crippen molar-refractivity contribution >= 4 is 35.2 Å². The average Bonchev–Trinajstić information content (AvgIpc) is 3.09. The summed E-state index contributed by atoms with van der Waals surface area (Å²) in [6.45, 7) is 0. The number of fused-ring (bicyclic) bond motifs is 1. The van der Waals surface area contributed by atoms with Gasteiger partial charge in [0.2, 0.25) is 6.10 Å². The SMILES string of the molecule is COC(=O)C(Oc1ccc2c(c1)SC(C(=N)N)C2)c1ccc(OC)c(Cl)c1. The van der Waals surface area contributed by atoms with Crippen LogP contribution >= 0.6 is 23.4 Å². The molecule has 2 unspecified atom stereocenters. The van der Waals surface area contributed by atoms with Gasteiger partial charge in [-0.05, 0) is 36.2 Å². The molecule has 0 saturated heterocycles. The van der Waals surface area contributed by atoms with E-state index in [1.165, 1.54) is 26.0 Å². The Hall–Kier alpha value is -2.38. The minimum absolute atomic E-state index is 0.0629. The molecule has 2 aromatic carbocycles. The summed E-state index contributed by atoms with van der Waals surface area (Å²) in [5, 5.41) is 7.94. The van der Waals surface area contributed by atoms with Crippen LogP contribution in [0.2, 0.25) is 5.02 Å². The zero-order valence-electron chi connectivity index (χ0n) is 14.8. The summed E-state index contributed by atoms with van der Waals surface area (Å²) in [4.78, 5) is 13.3. The van der Waals surface area contributed by atoms with Gasteiger partial charge in [0.15, 0.2) is 0 Å². The maximum absolute atomic E-state index is 12.3. The number of ether oxygens (including phenoxy) is 3. The Kier molecular flexibility index (Phi) is 5.82. The van der Waals surface area contributed by atoms with Crippen molar-refractivity contribution < 1.29 is 19.0 Å². The Balaban J connectivity index is 1.86. The highest BCUT2D eigenvalue weighted by molar-refractivity contribution is 8.01. The molecule has 2 aromatic rings. The molecule has 142 valence electrons. The number of nitrogens with one attached hydrogen (secondary N) is 1. The largest absolute Gasteiger partial charge is 0.495 e. The normalized spacial score (nSPS) is 16.3. The van der Waals surface area contributed by atoms with E-state index < -0.39 is 12.1 Å². The molecule has 3 N–H and O–H groups in total. The maximum Gasteiger partial charge on any atom is 0.351 e. The summed E-state index contributed by atoms with van der Waals surface area (Å²) < 4.78 is 16.0. The van der Waals surface area contributed by atoms with Crippen molar-refractivity contribution in [2.45, 2.75) is 22.7 Å². The molecule has 0 aliphatic carbocycles. The molecule has 0 saturated carbocycles. The first-order valence-electron chi connectivity index (χ1n) is 8.14. The molecule has 3 rings (SSSR count). The summed E-state index contributed by atoms with van der Waals surface area (Å²) in [7, 11) is 2.82. The van der Waals surface area contributed by atoms with Gasteiger partial charge in [0, 0.05) is 10.5 Å². The molecule has 0 radical (unpaired) electrons. The van der Waals surface area contributed by atoms with E-state index in [0.29, 0.717) is 28.5 Å². The van der Waals surface area contributed by atoms with E-state index in [2.05, 4.69) is 0 Å². The van der Waals surface area contributed by atoms with Gasteiger partial charge in [0.05, 0.1) is 24.5 Å². The highest BCUT2D eigenvalue weighted by atomic mass is 35.5. The number of carbonyl (C=O) groups is 1. The summed E-state index contributed by atoms with van der Waals surface area (Å²) in [5.41, 5.74) is 7.28. The Labute approximate surface area is 166 Å². The quantitative estimate of drug-likeness (QED) is 0.432. The highest BCUT2D eigenvalue weighted by Gasteiger charge is 2.28. The Morgan fingerprint density at radius 2 is 2.07 bits per heavy atom. The first kappa shape index (κ1) is 19.4. The zero-order chi connectivity index (χ0) is 19.6. The molecule has 1 heterocycles. The van der Waals surface area contributed by atoms with Gasteiger partial charge in [0.25, 0.3) is 0 Å². The molecule has 1 aliphatic heterocycles. The van der Waals surface area contributed by atoms with Gasteiger partial charge in [-0.2, -0.15) is 0 Å². The molecular formula is C19H19ClN2O4S. The van der Waals surface area contributed by atoms with Gasteiger partial charge < -0.3 is 19.9 Å². The maximum atomic E-state index is 12.3. The third-order valence-electron chi connectivity index (χ3n) is 4.21. The van der Waals surface area contributed by atoms with E-state index in [1.54, 1.807) is 24.3 Å². The number of halogens is 1. The summed E-state index contributed by atoms with van der Waals surface area (Å²) in [6, 6.07) is 10.6. The van der Waals surface area contributed by atoms with Gasteiger partial charge in [0.1, 0.15) is 17.3 Å². The van der Waals surface area contributed by atoms with E-state index in [4.69, 9.17) is 37.0 Å². The molecule has 27 heavy (non-hydrogen) atoms. The van der Waals surface area contributed by atoms with E-state index in [-0.39, 0.29) is 11.1 Å². The smallest absolute Gasteiger partial charge is 0.351 e. The standard InChI is InChI=1S/C19H19ClN2O4S/c1-24-14-6-4-11(7-13(14)20)17(19(23)25-2)26-12-5-3-10-8-16(18(21)22)27-15(10)9-12/h3-7,9,16-17H,8H2,1-2H3,(H3,21,22). The second kappa shape index (κ2) is 8.10. The number of benzene rings is 2. The monoisotopic (exact) mass is 406 g/mol. The number of methoxy groups -OCH3 is 2. The molecule has 0 bridgehead atoms. The third kappa shape index (κ3) is 4.14. The number of thioether (sulfide) groups is 1. The van der Waals surface area contributed by atoms with Crippen molar-refractivity contribution in [2.24, 2.45) is 5.73 Å². The van der Waals surface area contributed by atoms with Crippen molar-refractivity contribution in [2.75, 3.05) is 14.2 Å². The number of nitrogens with two attached hydrogens (primary N) is 1. The van der Waals surface area contributed by atoms with E-state index in [1.807, 2.05) is 12.1 Å². The second-order valence-electron chi connectivity index (χ2n) is 5.95. The Morgan fingerprint density at radius 1 is 1.30 bits per heavy atom. The van der Waals surface area contributed by atoms with Crippen LogP contribution < -0.4 is 15.2 Å². The predicted molar refractivity (Wildman–Crippen MR) is 105 cm³/mol. The molecule has 0 aromatic heterocycles. The molecule has 6 nitrogen and oxygen atoms in total. The zero-order valence-corrected chi connectivity index (χ0v) is 16.4. The van der Waals surface area contributed by atoms with E-state index in [0.717, 1.165) is 10.5 Å². The number of amidine groups is 1. The fourth-order valence-corrected chi connectivity index (χ4v) is 4.25. The highest BCUT2D eigenvalue weighted by Crippen LogP contribution is 2.40. The second-order valence-corrected chi connectivity index (χ2v) is 7.60. The van der Waals surface area contributed by atoms with Crippen LogP contribution in [0.25, 0.3) is 0 Å². The Bertz CT molecular complexity index is 890. The molecule has 0 amide bonds. The van der Waals surface area contributed by atoms with Crippen molar-refractivity contribution in [3.05, 3.63) is 52.5 Å². The predicted octanol–water partition coefficient (Wildman–Crippen LogP) is 3.59. The topological polar surface area (TPSA) is 94.6 Å². The van der Waals surface area contributed by atoms with Gasteiger partial charge >= 0.3 is 5.97 Å². The molecular weight excluding hydrogens is 388 g/mol. The molecule has 1 aliphatic rings. The lowest BCUT2D eigenvalue weighted by atomic mass is 10.1. The Morgan fingerprint density at radius 3 is 2.70 bits per heavy atom. The molecule has 8 heteroatoms. The minimum Gasteiger partial charge on any atom is -0.495 e. The van der Waals surface area contributed by atoms with Crippen LogP contribution in [0, 0.1) is 5.41 Å². The molecule has 0 spiro atoms. The van der Waals surface area contributed by atoms with Gasteiger partial charge in [-0.3, -0.25) is 5.41 Å². The lowest BCUT2D eigenvalue weighted by Gasteiger charge is -2.18. The number of hydrogen-bond donors (Lipinski definition) is 2. The van der Waals surface area contributed by atoms with Gasteiger partial charge in [-0.1, -0.05) is 23.7 Å². The summed E-state index contributed by atoms with van der Waals surface area (Å²) in [5.74, 6) is 0.644. The van der Waals surface area contributed by atoms with Gasteiger partial charge in [-0.15, -0.1) is 11.8 Å². The lowest BCUT2D eigenvalue weighted by Crippen LogP contribution is -2.24. The number of esters is 1. The van der Waals surface area contributed by atoms with Crippen LogP contribution in [0.3, 0.4) is 0 Å². The summed E-state index contributed by atoms with van der Waals surface area (Å²) in [6.07, 6.45) is -0.254. The van der Waals surface area contributed by atoms with Crippen LogP contribution in [-0.4, -0.2) is 31.3 Å². The summed E-state index contributed by atoms with van der Waals surface area (Å²) >= 11 is 7.70. The average molecular weight is 407 g/mol. The van der Waals surface area contributed by atoms with Crippen LogP contribution in [0.1, 0.15) is 17.2 Å². The van der Waals surface area contributed by atoms with Crippen molar-refractivity contribution in [1.29, 1.82) is 5.41 Å². The van der Waals surface area contributed by atoms with Crippen LogP contribution in [-0.2, 0) is 16.0 Å². The fraction of sp³-hybridized carbons (Fsp3) is 0.263. The van der Waals surface area contributed by atoms with Crippen molar-refractivity contribution in [3.8, 4) is 11.5 Å². The van der Waals surface area contributed by atoms with E-state index in [9.17, 15) is 4.79 Å². The minimum atomic E-state index is -0.966. The van der Waals surface area contributed by atoms with Crippen LogP contribution in [0.5, 0.6) is 11.5 Å². The van der Waals surface area contributed by atoms with Gasteiger partial charge in [-0.25, -0.2) is 4.79 Å². The van der Waals surface area contributed by atoms with Crippen molar-refractivity contribution in [1.82, 2.24) is 0 Å². The lowest BCUT2D eigenvalue weighted by molar-refractivity contribution is -0.149. The number of rotatable bonds is 6. The first-order chi connectivity index (χ1) is 12.9. The van der Waals surface area contributed by atoms with Crippen LogP contribution in [0.15, 0.2) is 41.3 Å². The van der Waals surface area contributed by atoms with Crippen molar-refractivity contribution in [3.63, 3.8) is 0 Å². The fourth-order valence-electron chi connectivity index (χ4n) is 2.80. The van der Waals surface area contributed by atoms with Crippen LogP contribution in [0.4, 0.5) is 0 Å². The van der Waals surface area contributed by atoms with E-state index >= 15 is 0 Å². The molecule has 2 atom stereocenters. The molecule has 0 fully saturated rings. The number of carbonyl (C=O) groups excluding carboxylic acids is 1. The first-order valence-corrected chi connectivity index (χ1v) is 9.40. The number of hydrogen-bond acceptors (Lipinski definition) is 6. The third-order valence-corrected chi connectivity index (χ3v) is 5.84.